The predicted molar refractivity (Wildman–Crippen MR) is 86.9 cm³/mol. The van der Waals surface area contributed by atoms with Gasteiger partial charge in [-0.2, -0.15) is 0 Å². The van der Waals surface area contributed by atoms with E-state index in [2.05, 4.69) is 24.1 Å². The fraction of sp³-hybridized carbons (Fsp3) is 1.00. The highest BCUT2D eigenvalue weighted by Gasteiger charge is 2.31. The first-order valence-corrected chi connectivity index (χ1v) is 10.2. The summed E-state index contributed by atoms with van der Waals surface area (Å²) in [5.41, 5.74) is 0. The Bertz CT molecular complexity index is 427. The molecule has 124 valence electrons. The Hall–Kier alpha value is -0.170. The van der Waals surface area contributed by atoms with Gasteiger partial charge < -0.3 is 5.32 Å². The molecule has 2 heterocycles. The van der Waals surface area contributed by atoms with Crippen LogP contribution in [0.25, 0.3) is 0 Å². The highest BCUT2D eigenvalue weighted by atomic mass is 32.2. The van der Waals surface area contributed by atoms with Crippen molar-refractivity contribution >= 4 is 10.0 Å². The molecule has 3 unspecified atom stereocenters. The maximum atomic E-state index is 11.7. The van der Waals surface area contributed by atoms with Gasteiger partial charge in [0.25, 0.3) is 0 Å². The van der Waals surface area contributed by atoms with Crippen molar-refractivity contribution in [1.82, 2.24) is 14.5 Å². The molecule has 0 amide bonds. The zero-order chi connectivity index (χ0) is 15.5. The molecule has 5 nitrogen and oxygen atoms in total. The molecule has 0 spiro atoms. The van der Waals surface area contributed by atoms with Crippen LogP contribution in [0, 0.1) is 5.92 Å². The Morgan fingerprint density at radius 3 is 2.71 bits per heavy atom. The van der Waals surface area contributed by atoms with E-state index in [1.54, 1.807) is 4.31 Å². The molecule has 2 aliphatic rings. The first-order valence-electron chi connectivity index (χ1n) is 8.32. The van der Waals surface area contributed by atoms with Gasteiger partial charge in [0, 0.05) is 44.8 Å². The summed E-state index contributed by atoms with van der Waals surface area (Å²) in [6.07, 6.45) is 5.92. The van der Waals surface area contributed by atoms with Gasteiger partial charge in [-0.1, -0.05) is 13.3 Å². The van der Waals surface area contributed by atoms with Crippen LogP contribution in [0.15, 0.2) is 0 Å². The summed E-state index contributed by atoms with van der Waals surface area (Å²) in [6.45, 7) is 9.07. The van der Waals surface area contributed by atoms with Crippen LogP contribution < -0.4 is 5.32 Å². The fourth-order valence-corrected chi connectivity index (χ4v) is 4.62. The molecule has 0 aromatic carbocycles. The van der Waals surface area contributed by atoms with E-state index in [0.717, 1.165) is 32.5 Å². The van der Waals surface area contributed by atoms with E-state index >= 15 is 0 Å². The summed E-state index contributed by atoms with van der Waals surface area (Å²) in [6, 6.07) is 1.15. The molecule has 2 rings (SSSR count). The van der Waals surface area contributed by atoms with Crippen molar-refractivity contribution in [2.45, 2.75) is 51.6 Å². The van der Waals surface area contributed by atoms with E-state index in [1.807, 2.05) is 0 Å². The second kappa shape index (κ2) is 7.40. The Morgan fingerprint density at radius 1 is 1.29 bits per heavy atom. The van der Waals surface area contributed by atoms with Crippen LogP contribution >= 0.6 is 0 Å². The number of sulfonamides is 1. The second-order valence-electron chi connectivity index (χ2n) is 6.83. The summed E-state index contributed by atoms with van der Waals surface area (Å²) in [4.78, 5) is 2.60. The Kier molecular flexibility index (Phi) is 6.05. The van der Waals surface area contributed by atoms with Crippen LogP contribution in [0.2, 0.25) is 0 Å². The quantitative estimate of drug-likeness (QED) is 0.826. The first kappa shape index (κ1) is 17.2. The molecule has 0 aromatic rings. The van der Waals surface area contributed by atoms with E-state index in [1.165, 1.54) is 19.1 Å². The van der Waals surface area contributed by atoms with Gasteiger partial charge in [0.15, 0.2) is 0 Å². The van der Waals surface area contributed by atoms with E-state index in [-0.39, 0.29) is 0 Å². The lowest BCUT2D eigenvalue weighted by Crippen LogP contribution is -2.57. The van der Waals surface area contributed by atoms with Gasteiger partial charge in [0.2, 0.25) is 10.0 Å². The van der Waals surface area contributed by atoms with Gasteiger partial charge in [-0.25, -0.2) is 12.7 Å². The Balaban J connectivity index is 1.94. The van der Waals surface area contributed by atoms with Crippen molar-refractivity contribution in [3.8, 4) is 0 Å². The van der Waals surface area contributed by atoms with Crippen molar-refractivity contribution in [3.05, 3.63) is 0 Å². The van der Waals surface area contributed by atoms with Crippen molar-refractivity contribution in [2.24, 2.45) is 5.92 Å². The van der Waals surface area contributed by atoms with Gasteiger partial charge in [-0.05, 0) is 32.1 Å². The molecule has 1 N–H and O–H groups in total. The highest BCUT2D eigenvalue weighted by molar-refractivity contribution is 7.88. The van der Waals surface area contributed by atoms with E-state index in [9.17, 15) is 8.42 Å². The molecule has 0 saturated carbocycles. The van der Waals surface area contributed by atoms with Crippen LogP contribution in [-0.4, -0.2) is 68.7 Å². The largest absolute Gasteiger partial charge is 0.311 e. The lowest BCUT2D eigenvalue weighted by molar-refractivity contribution is 0.0921. The zero-order valence-electron chi connectivity index (χ0n) is 13.7. The van der Waals surface area contributed by atoms with E-state index in [0.29, 0.717) is 31.1 Å². The summed E-state index contributed by atoms with van der Waals surface area (Å²) in [5, 5.41) is 3.57. The smallest absolute Gasteiger partial charge is 0.211 e. The van der Waals surface area contributed by atoms with Crippen molar-refractivity contribution in [3.63, 3.8) is 0 Å². The van der Waals surface area contributed by atoms with Gasteiger partial charge >= 0.3 is 0 Å². The average molecular weight is 317 g/mol. The molecule has 0 aliphatic carbocycles. The number of hydrogen-bond donors (Lipinski definition) is 1. The molecule has 0 aromatic heterocycles. The number of piperidine rings is 1. The lowest BCUT2D eigenvalue weighted by Gasteiger charge is -2.42. The number of piperazine rings is 1. The van der Waals surface area contributed by atoms with Crippen molar-refractivity contribution in [1.29, 1.82) is 0 Å². The van der Waals surface area contributed by atoms with Gasteiger partial charge in [0.05, 0.1) is 6.26 Å². The summed E-state index contributed by atoms with van der Waals surface area (Å²) < 4.78 is 25.2. The van der Waals surface area contributed by atoms with E-state index in [4.69, 9.17) is 0 Å². The third-order valence-electron chi connectivity index (χ3n) is 4.79. The van der Waals surface area contributed by atoms with Crippen molar-refractivity contribution < 1.29 is 8.42 Å². The van der Waals surface area contributed by atoms with Crippen molar-refractivity contribution in [2.75, 3.05) is 39.0 Å². The molecule has 3 atom stereocenters. The van der Waals surface area contributed by atoms with Gasteiger partial charge in [-0.3, -0.25) is 4.90 Å². The normalized spacial score (nSPS) is 33.2. The highest BCUT2D eigenvalue weighted by Crippen LogP contribution is 2.22. The Morgan fingerprint density at radius 2 is 2.05 bits per heavy atom. The molecular formula is C15H31N3O2S. The molecule has 0 radical (unpaired) electrons. The first-order chi connectivity index (χ1) is 9.90. The van der Waals surface area contributed by atoms with Gasteiger partial charge in [-0.15, -0.1) is 0 Å². The fourth-order valence-electron chi connectivity index (χ4n) is 3.68. The summed E-state index contributed by atoms with van der Waals surface area (Å²) in [5.74, 6) is 0.484. The molecule has 0 bridgehead atoms. The topological polar surface area (TPSA) is 52.6 Å². The lowest BCUT2D eigenvalue weighted by atomic mass is 9.96. The number of nitrogens with one attached hydrogen (secondary N) is 1. The monoisotopic (exact) mass is 317 g/mol. The SMILES string of the molecule is CCCC1CNC(C)CN1CC1CCCN(S(C)(=O)=O)C1. The third kappa shape index (κ3) is 4.91. The molecular weight excluding hydrogens is 286 g/mol. The van der Waals surface area contributed by atoms with E-state index < -0.39 is 10.0 Å². The van der Waals surface area contributed by atoms with Crippen LogP contribution in [0.5, 0.6) is 0 Å². The molecule has 21 heavy (non-hydrogen) atoms. The van der Waals surface area contributed by atoms with Crippen LogP contribution in [0.3, 0.4) is 0 Å². The zero-order valence-corrected chi connectivity index (χ0v) is 14.5. The summed E-state index contributed by atoms with van der Waals surface area (Å²) in [7, 11) is -3.03. The average Bonchev–Trinajstić information content (AvgIpc) is 2.41. The number of nitrogens with zero attached hydrogens (tertiary/aromatic N) is 2. The minimum Gasteiger partial charge on any atom is -0.311 e. The molecule has 6 heteroatoms. The standard InChI is InChI=1S/C15H31N3O2S/c1-4-6-15-9-16-13(2)10-17(15)11-14-7-5-8-18(12-14)21(3,19)20/h13-16H,4-12H2,1-3H3. The number of rotatable bonds is 5. The summed E-state index contributed by atoms with van der Waals surface area (Å²) >= 11 is 0. The minimum absolute atomic E-state index is 0.484. The predicted octanol–water partition coefficient (Wildman–Crippen LogP) is 1.12. The molecule has 2 saturated heterocycles. The third-order valence-corrected chi connectivity index (χ3v) is 6.06. The second-order valence-corrected chi connectivity index (χ2v) is 8.82. The van der Waals surface area contributed by atoms with Crippen LogP contribution in [0.4, 0.5) is 0 Å². The Labute approximate surface area is 130 Å². The minimum atomic E-state index is -3.03. The maximum absolute atomic E-state index is 11.7. The van der Waals surface area contributed by atoms with Crippen LogP contribution in [0.1, 0.15) is 39.5 Å². The molecule has 2 fully saturated rings. The van der Waals surface area contributed by atoms with Crippen LogP contribution in [-0.2, 0) is 10.0 Å². The molecule has 2 aliphatic heterocycles. The van der Waals surface area contributed by atoms with Gasteiger partial charge in [0.1, 0.15) is 0 Å². The number of hydrogen-bond acceptors (Lipinski definition) is 4. The maximum Gasteiger partial charge on any atom is 0.211 e.